The largest absolute Gasteiger partial charge is 0.341 e. The van der Waals surface area contributed by atoms with Gasteiger partial charge in [0.1, 0.15) is 0 Å². The van der Waals surface area contributed by atoms with Crippen LogP contribution >= 0.6 is 0 Å². The number of benzene rings is 2. The van der Waals surface area contributed by atoms with Gasteiger partial charge in [0.25, 0.3) is 0 Å². The smallest absolute Gasteiger partial charge is 0.241 e. The lowest BCUT2D eigenvalue weighted by Gasteiger charge is -2.33. The minimum absolute atomic E-state index is 0.102. The molecule has 7 heteroatoms. The molecule has 2 aromatic rings. The van der Waals surface area contributed by atoms with Crippen molar-refractivity contribution in [3.8, 4) is 0 Å². The Morgan fingerprint density at radius 1 is 0.964 bits per heavy atom. The van der Waals surface area contributed by atoms with E-state index in [2.05, 4.69) is 4.72 Å². The maximum absolute atomic E-state index is 12.7. The number of piperidine rings is 1. The lowest BCUT2D eigenvalue weighted by molar-refractivity contribution is -0.133. The van der Waals surface area contributed by atoms with Crippen molar-refractivity contribution < 1.29 is 18.0 Å². The first-order valence-corrected chi connectivity index (χ1v) is 10.8. The number of ketones is 1. The van der Waals surface area contributed by atoms with Gasteiger partial charge in [-0.25, -0.2) is 8.42 Å². The summed E-state index contributed by atoms with van der Waals surface area (Å²) in [6, 6.07) is 16.3. The molecule has 0 radical (unpaired) electrons. The molecule has 1 aliphatic heterocycles. The van der Waals surface area contributed by atoms with Gasteiger partial charge in [0.15, 0.2) is 5.78 Å². The van der Waals surface area contributed by atoms with Crippen LogP contribution in [0, 0.1) is 5.92 Å². The van der Waals surface area contributed by atoms with Crippen molar-refractivity contribution in [2.24, 2.45) is 5.92 Å². The highest BCUT2D eigenvalue weighted by atomic mass is 32.2. The van der Waals surface area contributed by atoms with Gasteiger partial charge in [0, 0.05) is 24.6 Å². The van der Waals surface area contributed by atoms with Gasteiger partial charge in [-0.3, -0.25) is 9.59 Å². The first-order valence-electron chi connectivity index (χ1n) is 9.34. The van der Waals surface area contributed by atoms with Gasteiger partial charge < -0.3 is 4.90 Å². The van der Waals surface area contributed by atoms with Crippen LogP contribution in [0.25, 0.3) is 0 Å². The summed E-state index contributed by atoms with van der Waals surface area (Å²) in [5.74, 6) is -0.279. The van der Waals surface area contributed by atoms with Crippen molar-refractivity contribution >= 4 is 21.7 Å². The van der Waals surface area contributed by atoms with Crippen LogP contribution in [0.4, 0.5) is 0 Å². The van der Waals surface area contributed by atoms with E-state index in [1.807, 2.05) is 18.2 Å². The predicted octanol–water partition coefficient (Wildman–Crippen LogP) is 2.47. The van der Waals surface area contributed by atoms with Gasteiger partial charge in [-0.2, -0.15) is 4.72 Å². The summed E-state index contributed by atoms with van der Waals surface area (Å²) >= 11 is 0. The summed E-state index contributed by atoms with van der Waals surface area (Å²) < 4.78 is 27.2. The van der Waals surface area contributed by atoms with E-state index in [0.29, 0.717) is 31.5 Å². The van der Waals surface area contributed by atoms with Crippen molar-refractivity contribution in [2.45, 2.75) is 30.7 Å². The monoisotopic (exact) mass is 400 g/mol. The van der Waals surface area contributed by atoms with E-state index in [1.54, 1.807) is 42.2 Å². The van der Waals surface area contributed by atoms with E-state index in [-0.39, 0.29) is 22.5 Å². The summed E-state index contributed by atoms with van der Waals surface area (Å²) in [6.45, 7) is 2.43. The molecule has 1 fully saturated rings. The zero-order valence-corrected chi connectivity index (χ0v) is 16.6. The van der Waals surface area contributed by atoms with Crippen LogP contribution < -0.4 is 4.72 Å². The molecule has 1 heterocycles. The maximum atomic E-state index is 12.7. The van der Waals surface area contributed by atoms with Crippen molar-refractivity contribution in [2.75, 3.05) is 13.1 Å². The number of likely N-dealkylation sites (tertiary alicyclic amines) is 1. The number of rotatable bonds is 6. The Morgan fingerprint density at radius 2 is 1.50 bits per heavy atom. The van der Waals surface area contributed by atoms with Crippen LogP contribution in [0.15, 0.2) is 65.6 Å². The highest BCUT2D eigenvalue weighted by molar-refractivity contribution is 7.89. The number of hydrogen-bond donors (Lipinski definition) is 1. The fourth-order valence-electron chi connectivity index (χ4n) is 3.42. The molecule has 0 unspecified atom stereocenters. The van der Waals surface area contributed by atoms with Gasteiger partial charge in [-0.05, 0) is 31.9 Å². The number of nitrogens with zero attached hydrogens (tertiary/aromatic N) is 1. The van der Waals surface area contributed by atoms with Gasteiger partial charge in [0.05, 0.1) is 10.9 Å². The van der Waals surface area contributed by atoms with Crippen molar-refractivity contribution in [3.63, 3.8) is 0 Å². The number of hydrogen-bond acceptors (Lipinski definition) is 4. The highest BCUT2D eigenvalue weighted by Gasteiger charge is 2.31. The number of nitrogens with one attached hydrogen (secondary N) is 1. The second-order valence-corrected chi connectivity index (χ2v) is 8.70. The Kier molecular flexibility index (Phi) is 6.26. The van der Waals surface area contributed by atoms with E-state index in [9.17, 15) is 18.0 Å². The van der Waals surface area contributed by atoms with E-state index < -0.39 is 16.1 Å². The molecule has 28 heavy (non-hydrogen) atoms. The van der Waals surface area contributed by atoms with Crippen LogP contribution in [0.2, 0.25) is 0 Å². The van der Waals surface area contributed by atoms with Gasteiger partial charge >= 0.3 is 0 Å². The molecule has 1 N–H and O–H groups in total. The lowest BCUT2D eigenvalue weighted by atomic mass is 9.89. The SMILES string of the molecule is C[C@H](NS(=O)(=O)c1ccccc1)C(=O)N1CCC(C(=O)c2ccccc2)CC1. The zero-order valence-electron chi connectivity index (χ0n) is 15.7. The molecule has 0 spiro atoms. The van der Waals surface area contributed by atoms with Gasteiger partial charge in [-0.15, -0.1) is 0 Å². The summed E-state index contributed by atoms with van der Waals surface area (Å²) in [6.07, 6.45) is 1.16. The Balaban J connectivity index is 1.57. The van der Waals surface area contributed by atoms with E-state index in [4.69, 9.17) is 0 Å². The van der Waals surface area contributed by atoms with Gasteiger partial charge in [-0.1, -0.05) is 48.5 Å². The second-order valence-electron chi connectivity index (χ2n) is 6.99. The topological polar surface area (TPSA) is 83.6 Å². The Morgan fingerprint density at radius 3 is 2.07 bits per heavy atom. The van der Waals surface area contributed by atoms with Crippen LogP contribution in [0.1, 0.15) is 30.1 Å². The van der Waals surface area contributed by atoms with E-state index in [1.165, 1.54) is 12.1 Å². The third kappa shape index (κ3) is 4.66. The molecule has 2 aromatic carbocycles. The minimum Gasteiger partial charge on any atom is -0.341 e. The van der Waals surface area contributed by atoms with Gasteiger partial charge in [0.2, 0.25) is 15.9 Å². The highest BCUT2D eigenvalue weighted by Crippen LogP contribution is 2.22. The number of sulfonamides is 1. The molecular weight excluding hydrogens is 376 g/mol. The average molecular weight is 401 g/mol. The number of carbonyl (C=O) groups is 2. The molecule has 0 saturated carbocycles. The minimum atomic E-state index is -3.76. The second kappa shape index (κ2) is 8.67. The summed E-state index contributed by atoms with van der Waals surface area (Å²) in [4.78, 5) is 27.0. The first-order chi connectivity index (χ1) is 13.4. The Bertz CT molecular complexity index is 921. The molecule has 6 nitrogen and oxygen atoms in total. The molecule has 148 valence electrons. The van der Waals surface area contributed by atoms with Crippen LogP contribution in [0.3, 0.4) is 0 Å². The van der Waals surface area contributed by atoms with Crippen molar-refractivity contribution in [3.05, 3.63) is 66.2 Å². The van der Waals surface area contributed by atoms with Crippen molar-refractivity contribution in [1.29, 1.82) is 0 Å². The quantitative estimate of drug-likeness (QED) is 0.755. The van der Waals surface area contributed by atoms with Crippen LogP contribution in [0.5, 0.6) is 0 Å². The molecular formula is C21H24N2O4S. The predicted molar refractivity (Wildman–Crippen MR) is 106 cm³/mol. The summed E-state index contributed by atoms with van der Waals surface area (Å²) in [5.41, 5.74) is 0.691. The normalized spacial score (nSPS) is 16.5. The Hall–Kier alpha value is -2.51. The van der Waals surface area contributed by atoms with Crippen LogP contribution in [-0.4, -0.2) is 44.1 Å². The van der Waals surface area contributed by atoms with Crippen molar-refractivity contribution in [1.82, 2.24) is 9.62 Å². The number of Topliss-reactive ketones (excluding diaryl/α,β-unsaturated/α-hetero) is 1. The molecule has 3 rings (SSSR count). The fourth-order valence-corrected chi connectivity index (χ4v) is 4.64. The molecule has 1 amide bonds. The molecule has 1 saturated heterocycles. The lowest BCUT2D eigenvalue weighted by Crippen LogP contribution is -2.49. The third-order valence-corrected chi connectivity index (χ3v) is 6.55. The first kappa shape index (κ1) is 20.2. The molecule has 0 aliphatic carbocycles. The number of amides is 1. The maximum Gasteiger partial charge on any atom is 0.241 e. The standard InChI is InChI=1S/C21H24N2O4S/c1-16(22-28(26,27)19-10-6-3-7-11-19)21(25)23-14-12-18(13-15-23)20(24)17-8-4-2-5-9-17/h2-11,16,18,22H,12-15H2,1H3/t16-/m0/s1. The zero-order chi connectivity index (χ0) is 20.1. The molecule has 1 atom stereocenters. The summed E-state index contributed by atoms with van der Waals surface area (Å²) in [7, 11) is -3.76. The fraction of sp³-hybridized carbons (Fsp3) is 0.333. The van der Waals surface area contributed by atoms with E-state index >= 15 is 0 Å². The number of carbonyl (C=O) groups excluding carboxylic acids is 2. The van der Waals surface area contributed by atoms with E-state index in [0.717, 1.165) is 0 Å². The molecule has 1 aliphatic rings. The summed E-state index contributed by atoms with van der Waals surface area (Å²) in [5, 5.41) is 0. The molecule has 0 bridgehead atoms. The van der Waals surface area contributed by atoms with Crippen LogP contribution in [-0.2, 0) is 14.8 Å². The Labute approximate surface area is 165 Å². The third-order valence-electron chi connectivity index (χ3n) is 4.99. The average Bonchev–Trinajstić information content (AvgIpc) is 2.74. The molecule has 0 aromatic heterocycles.